The summed E-state index contributed by atoms with van der Waals surface area (Å²) in [6, 6.07) is 20.2. The van der Waals surface area contributed by atoms with Crippen LogP contribution in [0.5, 0.6) is 0 Å². The van der Waals surface area contributed by atoms with Gasteiger partial charge >= 0.3 is 0 Å². The summed E-state index contributed by atoms with van der Waals surface area (Å²) in [6.45, 7) is 6.37. The second-order valence-electron chi connectivity index (χ2n) is 6.10. The lowest BCUT2D eigenvalue weighted by Crippen LogP contribution is -2.14. The van der Waals surface area contributed by atoms with E-state index < -0.39 is 0 Å². The summed E-state index contributed by atoms with van der Waals surface area (Å²) in [6.07, 6.45) is 0. The van der Waals surface area contributed by atoms with Crippen LogP contribution >= 0.6 is 0 Å². The summed E-state index contributed by atoms with van der Waals surface area (Å²) in [5.41, 5.74) is 6.07. The maximum atomic E-state index is 12.6. The Balaban J connectivity index is 1.79. The number of benzene rings is 2. The third-order valence-corrected chi connectivity index (χ3v) is 4.25. The van der Waals surface area contributed by atoms with Crippen molar-refractivity contribution in [1.82, 2.24) is 4.57 Å². The van der Waals surface area contributed by atoms with Gasteiger partial charge in [-0.25, -0.2) is 0 Å². The topological polar surface area (TPSA) is 34.0 Å². The van der Waals surface area contributed by atoms with Gasteiger partial charge in [0.2, 0.25) is 0 Å². The van der Waals surface area contributed by atoms with E-state index >= 15 is 0 Å². The highest BCUT2D eigenvalue weighted by atomic mass is 16.1. The number of hydrogen-bond donors (Lipinski definition) is 1. The van der Waals surface area contributed by atoms with Gasteiger partial charge in [-0.2, -0.15) is 0 Å². The van der Waals surface area contributed by atoms with Crippen LogP contribution < -0.4 is 5.32 Å². The minimum absolute atomic E-state index is 0.103. The summed E-state index contributed by atoms with van der Waals surface area (Å²) in [5.74, 6) is 0.103. The van der Waals surface area contributed by atoms with Crippen LogP contribution in [0.15, 0.2) is 60.7 Å². The Morgan fingerprint density at radius 2 is 1.62 bits per heavy atom. The number of nitrogens with one attached hydrogen (secondary N) is 1. The highest BCUT2D eigenvalue weighted by molar-refractivity contribution is 6.00. The molecule has 0 aliphatic carbocycles. The second kappa shape index (κ2) is 6.75. The molecule has 3 rings (SSSR count). The first-order valence-corrected chi connectivity index (χ1v) is 8.14. The van der Waals surface area contributed by atoms with Gasteiger partial charge in [-0.3, -0.25) is 4.79 Å². The van der Waals surface area contributed by atoms with Gasteiger partial charge in [0, 0.05) is 28.3 Å². The zero-order valence-corrected chi connectivity index (χ0v) is 14.3. The SMILES string of the molecule is Cc1ccc(NCC(=O)c2cc(C)n(-c3ccccc3)c2C)cc1. The molecule has 0 aliphatic heterocycles. The highest BCUT2D eigenvalue weighted by Crippen LogP contribution is 2.21. The standard InChI is InChI=1S/C21H22N2O/c1-15-9-11-18(12-10-15)22-14-21(24)20-13-16(2)23(17(20)3)19-7-5-4-6-8-19/h4-13,22H,14H2,1-3H3. The van der Waals surface area contributed by atoms with Crippen molar-refractivity contribution in [2.45, 2.75) is 20.8 Å². The number of para-hydroxylation sites is 1. The quantitative estimate of drug-likeness (QED) is 0.692. The summed E-state index contributed by atoms with van der Waals surface area (Å²) in [5, 5.41) is 3.21. The summed E-state index contributed by atoms with van der Waals surface area (Å²) in [7, 11) is 0. The third-order valence-electron chi connectivity index (χ3n) is 4.25. The Hall–Kier alpha value is -2.81. The molecule has 0 bridgehead atoms. The van der Waals surface area contributed by atoms with E-state index in [0.717, 1.165) is 28.3 Å². The number of ketones is 1. The van der Waals surface area contributed by atoms with Crippen LogP contribution in [0, 0.1) is 20.8 Å². The molecule has 0 amide bonds. The van der Waals surface area contributed by atoms with E-state index in [9.17, 15) is 4.79 Å². The van der Waals surface area contributed by atoms with Crippen molar-refractivity contribution in [2.24, 2.45) is 0 Å². The molecule has 0 unspecified atom stereocenters. The minimum Gasteiger partial charge on any atom is -0.378 e. The smallest absolute Gasteiger partial charge is 0.183 e. The molecule has 0 saturated carbocycles. The first kappa shape index (κ1) is 16.1. The van der Waals surface area contributed by atoms with Crippen LogP contribution in [0.2, 0.25) is 0 Å². The number of hydrogen-bond acceptors (Lipinski definition) is 2. The number of nitrogens with zero attached hydrogens (tertiary/aromatic N) is 1. The van der Waals surface area contributed by atoms with Crippen molar-refractivity contribution < 1.29 is 4.79 Å². The Morgan fingerprint density at radius 1 is 0.958 bits per heavy atom. The Kier molecular flexibility index (Phi) is 4.52. The number of carbonyl (C=O) groups excluding carboxylic acids is 1. The Bertz CT molecular complexity index is 846. The number of aromatic nitrogens is 1. The molecule has 0 fully saturated rings. The van der Waals surface area contributed by atoms with E-state index in [4.69, 9.17) is 0 Å². The van der Waals surface area contributed by atoms with Crippen molar-refractivity contribution in [2.75, 3.05) is 11.9 Å². The maximum absolute atomic E-state index is 12.6. The first-order valence-electron chi connectivity index (χ1n) is 8.14. The minimum atomic E-state index is 0.103. The van der Waals surface area contributed by atoms with Crippen LogP contribution in [0.4, 0.5) is 5.69 Å². The number of rotatable bonds is 5. The van der Waals surface area contributed by atoms with Gasteiger partial charge < -0.3 is 9.88 Å². The van der Waals surface area contributed by atoms with Crippen molar-refractivity contribution in [3.63, 3.8) is 0 Å². The van der Waals surface area contributed by atoms with E-state index in [2.05, 4.69) is 22.0 Å². The fourth-order valence-electron chi connectivity index (χ4n) is 2.97. The lowest BCUT2D eigenvalue weighted by Gasteiger charge is -2.10. The Labute approximate surface area is 143 Å². The van der Waals surface area contributed by atoms with Gasteiger partial charge in [-0.05, 0) is 51.1 Å². The molecule has 122 valence electrons. The number of aryl methyl sites for hydroxylation is 2. The molecule has 1 heterocycles. The average Bonchev–Trinajstić information content (AvgIpc) is 2.89. The van der Waals surface area contributed by atoms with E-state index in [1.807, 2.05) is 69.3 Å². The van der Waals surface area contributed by atoms with E-state index in [1.165, 1.54) is 5.56 Å². The van der Waals surface area contributed by atoms with Gasteiger partial charge in [0.25, 0.3) is 0 Å². The summed E-state index contributed by atoms with van der Waals surface area (Å²) < 4.78 is 2.12. The molecule has 3 aromatic rings. The number of anilines is 1. The third kappa shape index (κ3) is 3.25. The molecule has 1 N–H and O–H groups in total. The van der Waals surface area contributed by atoms with Gasteiger partial charge in [0.1, 0.15) is 0 Å². The molecule has 0 aliphatic rings. The highest BCUT2D eigenvalue weighted by Gasteiger charge is 2.16. The molecule has 0 atom stereocenters. The fraction of sp³-hybridized carbons (Fsp3) is 0.190. The first-order chi connectivity index (χ1) is 11.6. The van der Waals surface area contributed by atoms with E-state index in [-0.39, 0.29) is 5.78 Å². The van der Waals surface area contributed by atoms with Crippen LogP contribution in [0.25, 0.3) is 5.69 Å². The molecule has 0 spiro atoms. The van der Waals surface area contributed by atoms with Crippen molar-refractivity contribution in [3.05, 3.63) is 83.2 Å². The van der Waals surface area contributed by atoms with Crippen LogP contribution in [0.1, 0.15) is 27.3 Å². The molecular formula is C21H22N2O. The van der Waals surface area contributed by atoms with Crippen LogP contribution in [0.3, 0.4) is 0 Å². The summed E-state index contributed by atoms with van der Waals surface area (Å²) >= 11 is 0. The summed E-state index contributed by atoms with van der Waals surface area (Å²) in [4.78, 5) is 12.6. The predicted octanol–water partition coefficient (Wildman–Crippen LogP) is 4.70. The average molecular weight is 318 g/mol. The molecule has 1 aromatic heterocycles. The molecule has 0 saturated heterocycles. The van der Waals surface area contributed by atoms with Crippen molar-refractivity contribution in [1.29, 1.82) is 0 Å². The second-order valence-corrected chi connectivity index (χ2v) is 6.10. The molecule has 3 heteroatoms. The monoisotopic (exact) mass is 318 g/mol. The molecule has 2 aromatic carbocycles. The lowest BCUT2D eigenvalue weighted by atomic mass is 10.1. The van der Waals surface area contributed by atoms with Gasteiger partial charge in [0.15, 0.2) is 5.78 Å². The largest absolute Gasteiger partial charge is 0.378 e. The zero-order chi connectivity index (χ0) is 17.1. The van der Waals surface area contributed by atoms with E-state index in [1.54, 1.807) is 0 Å². The van der Waals surface area contributed by atoms with Gasteiger partial charge in [-0.15, -0.1) is 0 Å². The van der Waals surface area contributed by atoms with Crippen molar-refractivity contribution >= 4 is 11.5 Å². The molecule has 24 heavy (non-hydrogen) atoms. The molecule has 0 radical (unpaired) electrons. The lowest BCUT2D eigenvalue weighted by molar-refractivity contribution is 0.101. The van der Waals surface area contributed by atoms with Crippen LogP contribution in [-0.4, -0.2) is 16.9 Å². The van der Waals surface area contributed by atoms with Gasteiger partial charge in [-0.1, -0.05) is 35.9 Å². The van der Waals surface area contributed by atoms with Crippen molar-refractivity contribution in [3.8, 4) is 5.69 Å². The zero-order valence-electron chi connectivity index (χ0n) is 14.3. The molecular weight excluding hydrogens is 296 g/mol. The predicted molar refractivity (Wildman–Crippen MR) is 99.2 cm³/mol. The Morgan fingerprint density at radius 3 is 2.29 bits per heavy atom. The molecule has 3 nitrogen and oxygen atoms in total. The normalized spacial score (nSPS) is 10.6. The fourth-order valence-corrected chi connectivity index (χ4v) is 2.97. The number of Topliss-reactive ketones (excluding diaryl/α,β-unsaturated/α-hetero) is 1. The maximum Gasteiger partial charge on any atom is 0.183 e. The van der Waals surface area contributed by atoms with Crippen LogP contribution in [-0.2, 0) is 0 Å². The van der Waals surface area contributed by atoms with Gasteiger partial charge in [0.05, 0.1) is 6.54 Å². The van der Waals surface area contributed by atoms with E-state index in [0.29, 0.717) is 6.54 Å². The number of carbonyl (C=O) groups is 1.